The van der Waals surface area contributed by atoms with E-state index in [-0.39, 0.29) is 0 Å². The van der Waals surface area contributed by atoms with Crippen LogP contribution in [0.5, 0.6) is 0 Å². The van der Waals surface area contributed by atoms with Gasteiger partial charge in [0.2, 0.25) is 0 Å². The molecule has 182 valence electrons. The summed E-state index contributed by atoms with van der Waals surface area (Å²) in [7, 11) is 2.00. The first-order valence-corrected chi connectivity index (χ1v) is 12.9. The Morgan fingerprint density at radius 2 is 2.00 bits per heavy atom. The van der Waals surface area contributed by atoms with E-state index in [0.717, 1.165) is 66.9 Å². The van der Waals surface area contributed by atoms with Gasteiger partial charge in [-0.15, -0.1) is 10.2 Å². The van der Waals surface area contributed by atoms with Crippen molar-refractivity contribution in [2.24, 2.45) is 17.2 Å². The van der Waals surface area contributed by atoms with E-state index >= 15 is 0 Å². The van der Waals surface area contributed by atoms with E-state index in [2.05, 4.69) is 57.1 Å². The van der Waals surface area contributed by atoms with Crippen molar-refractivity contribution in [3.63, 3.8) is 0 Å². The molecule has 0 amide bonds. The summed E-state index contributed by atoms with van der Waals surface area (Å²) in [6.07, 6.45) is 8.64. The van der Waals surface area contributed by atoms with Crippen LogP contribution in [0.2, 0.25) is 0 Å². The second-order valence-electron chi connectivity index (χ2n) is 8.12. The molecule has 0 saturated carbocycles. The number of thioether (sulfide) groups is 1. The smallest absolute Gasteiger partial charge is 0.191 e. The molecule has 0 fully saturated rings. The largest absolute Gasteiger partial charge is 0.396 e. The molecule has 34 heavy (non-hydrogen) atoms. The molecule has 1 aromatic carbocycles. The van der Waals surface area contributed by atoms with Crippen LogP contribution in [-0.4, -0.2) is 64.1 Å². The van der Waals surface area contributed by atoms with Gasteiger partial charge in [-0.05, 0) is 62.6 Å². The van der Waals surface area contributed by atoms with Crippen LogP contribution < -0.4 is 0 Å². The fourth-order valence-electron chi connectivity index (χ4n) is 4.05. The third-order valence-corrected chi connectivity index (χ3v) is 6.88. The molecule has 0 unspecified atom stereocenters. The van der Waals surface area contributed by atoms with E-state index in [1.807, 2.05) is 37.6 Å². The average molecular weight is 481 g/mol. The van der Waals surface area contributed by atoms with Gasteiger partial charge in [-0.2, -0.15) is 0 Å². The third kappa shape index (κ3) is 6.67. The number of nitrogens with zero attached hydrogens (tertiary/aromatic N) is 6. The van der Waals surface area contributed by atoms with Crippen LogP contribution in [0.15, 0.2) is 51.9 Å². The first-order chi connectivity index (χ1) is 16.6. The molecule has 0 saturated heterocycles. The molecule has 8 heteroatoms. The summed E-state index contributed by atoms with van der Waals surface area (Å²) in [6, 6.07) is 6.77. The van der Waals surface area contributed by atoms with Crippen molar-refractivity contribution in [2.45, 2.75) is 45.2 Å². The molecule has 1 aliphatic rings. The van der Waals surface area contributed by atoms with Crippen molar-refractivity contribution in [1.29, 1.82) is 0 Å². The van der Waals surface area contributed by atoms with Gasteiger partial charge in [0, 0.05) is 44.2 Å². The molecule has 1 aliphatic heterocycles. The molecule has 0 N–H and O–H groups in total. The highest BCUT2D eigenvalue weighted by Gasteiger charge is 2.17. The SMILES string of the molecule is C=N/C=C(\C=C/C)c1nnc(SCCN2CCc3ccc(/C(CC)=N/OCC)cc3CC2)n1C. The summed E-state index contributed by atoms with van der Waals surface area (Å²) in [5.74, 6) is 1.77. The molecule has 2 heterocycles. The molecule has 0 spiro atoms. The van der Waals surface area contributed by atoms with Gasteiger partial charge in [-0.25, -0.2) is 0 Å². The summed E-state index contributed by atoms with van der Waals surface area (Å²) in [4.78, 5) is 11.7. The minimum absolute atomic E-state index is 0.594. The maximum Gasteiger partial charge on any atom is 0.191 e. The minimum atomic E-state index is 0.594. The van der Waals surface area contributed by atoms with E-state index in [1.165, 1.54) is 16.7 Å². The average Bonchev–Trinajstić information content (AvgIpc) is 3.08. The number of hydrogen-bond acceptors (Lipinski definition) is 7. The van der Waals surface area contributed by atoms with Crippen LogP contribution in [0.25, 0.3) is 5.57 Å². The highest BCUT2D eigenvalue weighted by atomic mass is 32.2. The van der Waals surface area contributed by atoms with E-state index in [4.69, 9.17) is 4.84 Å². The summed E-state index contributed by atoms with van der Waals surface area (Å²) in [5, 5.41) is 14.0. The fraction of sp³-hybridized carbons (Fsp3) is 0.462. The molecular weight excluding hydrogens is 444 g/mol. The van der Waals surface area contributed by atoms with Gasteiger partial charge in [0.15, 0.2) is 11.0 Å². The second kappa shape index (κ2) is 13.2. The maximum absolute atomic E-state index is 5.31. The molecule has 7 nitrogen and oxygen atoms in total. The van der Waals surface area contributed by atoms with Crippen LogP contribution in [0.4, 0.5) is 0 Å². The standard InChI is InChI=1S/C26H36N6OS/c1-6-9-23(19-27-4)25-28-29-26(31(25)5)34-17-16-32-14-12-20-10-11-22(18-21(20)13-15-32)24(7-2)30-33-8-3/h6,9-11,18-19H,4,7-8,12-17H2,1-3,5H3/b9-6-,23-19+,30-24+. The predicted molar refractivity (Wildman–Crippen MR) is 143 cm³/mol. The Morgan fingerprint density at radius 3 is 2.71 bits per heavy atom. The quantitative estimate of drug-likeness (QED) is 0.200. The Labute approximate surface area is 207 Å². The maximum atomic E-state index is 5.31. The second-order valence-corrected chi connectivity index (χ2v) is 9.18. The normalized spacial score (nSPS) is 15.4. The minimum Gasteiger partial charge on any atom is -0.396 e. The van der Waals surface area contributed by atoms with Gasteiger partial charge in [-0.3, -0.25) is 4.99 Å². The fourth-order valence-corrected chi connectivity index (χ4v) is 4.96. The van der Waals surface area contributed by atoms with Crippen molar-refractivity contribution in [2.75, 3.05) is 32.0 Å². The molecule has 2 aromatic rings. The highest BCUT2D eigenvalue weighted by molar-refractivity contribution is 7.99. The van der Waals surface area contributed by atoms with Gasteiger partial charge >= 0.3 is 0 Å². The number of aromatic nitrogens is 3. The summed E-state index contributed by atoms with van der Waals surface area (Å²) in [6.45, 7) is 13.4. The number of hydrogen-bond donors (Lipinski definition) is 0. The molecule has 1 aromatic heterocycles. The van der Waals surface area contributed by atoms with Crippen LogP contribution in [0, 0.1) is 0 Å². The first-order valence-electron chi connectivity index (χ1n) is 12.0. The van der Waals surface area contributed by atoms with Gasteiger partial charge in [-0.1, -0.05) is 48.1 Å². The van der Waals surface area contributed by atoms with Crippen molar-refractivity contribution in [3.05, 3.63) is 59.1 Å². The molecule has 0 radical (unpaired) electrons. The van der Waals surface area contributed by atoms with E-state index < -0.39 is 0 Å². The summed E-state index contributed by atoms with van der Waals surface area (Å²) < 4.78 is 2.02. The van der Waals surface area contributed by atoms with E-state index in [9.17, 15) is 0 Å². The third-order valence-electron chi connectivity index (χ3n) is 5.88. The van der Waals surface area contributed by atoms with E-state index in [0.29, 0.717) is 6.61 Å². The Balaban J connectivity index is 1.58. The first kappa shape index (κ1) is 25.9. The van der Waals surface area contributed by atoms with Gasteiger partial charge in [0.05, 0.1) is 5.71 Å². The van der Waals surface area contributed by atoms with Crippen LogP contribution in [-0.2, 0) is 24.7 Å². The van der Waals surface area contributed by atoms with Crippen LogP contribution >= 0.6 is 11.8 Å². The lowest BCUT2D eigenvalue weighted by atomic mass is 9.97. The lowest BCUT2D eigenvalue weighted by Gasteiger charge is -2.19. The highest BCUT2D eigenvalue weighted by Crippen LogP contribution is 2.23. The molecule has 0 bridgehead atoms. The molecule has 0 aliphatic carbocycles. The topological polar surface area (TPSA) is 67.9 Å². The number of oxime groups is 1. The predicted octanol–water partition coefficient (Wildman–Crippen LogP) is 4.78. The summed E-state index contributed by atoms with van der Waals surface area (Å²) in [5.41, 5.74) is 5.98. The lowest BCUT2D eigenvalue weighted by molar-refractivity contribution is 0.158. The van der Waals surface area contributed by atoms with Gasteiger partial charge < -0.3 is 14.3 Å². The number of benzene rings is 1. The zero-order valence-electron chi connectivity index (χ0n) is 20.8. The Morgan fingerprint density at radius 1 is 1.21 bits per heavy atom. The van der Waals surface area contributed by atoms with Crippen molar-refractivity contribution in [3.8, 4) is 0 Å². The Bertz CT molecular complexity index is 1060. The summed E-state index contributed by atoms with van der Waals surface area (Å²) >= 11 is 1.74. The number of allylic oxidation sites excluding steroid dienone is 3. The Kier molecular flexibility index (Phi) is 10.1. The monoisotopic (exact) mass is 480 g/mol. The number of rotatable bonds is 11. The zero-order valence-corrected chi connectivity index (χ0v) is 21.6. The van der Waals surface area contributed by atoms with Gasteiger partial charge in [0.25, 0.3) is 0 Å². The Hall–Kier alpha value is -2.71. The zero-order chi connectivity index (χ0) is 24.3. The molecule has 3 rings (SSSR count). The van der Waals surface area contributed by atoms with Crippen LogP contribution in [0.1, 0.15) is 49.7 Å². The molecular formula is C26H36N6OS. The molecule has 0 atom stereocenters. The van der Waals surface area contributed by atoms with Crippen molar-refractivity contribution >= 4 is 29.8 Å². The van der Waals surface area contributed by atoms with Crippen molar-refractivity contribution < 1.29 is 4.84 Å². The number of aliphatic imine (C=N–C) groups is 1. The van der Waals surface area contributed by atoms with Crippen molar-refractivity contribution in [1.82, 2.24) is 19.7 Å². The lowest BCUT2D eigenvalue weighted by Crippen LogP contribution is -2.28. The van der Waals surface area contributed by atoms with Gasteiger partial charge in [0.1, 0.15) is 6.61 Å². The number of fused-ring (bicyclic) bond motifs is 1. The van der Waals surface area contributed by atoms with E-state index in [1.54, 1.807) is 18.0 Å². The van der Waals surface area contributed by atoms with Crippen LogP contribution in [0.3, 0.4) is 0 Å².